The second kappa shape index (κ2) is 5.19. The molecule has 1 rings (SSSR count). The van der Waals surface area contributed by atoms with Crippen molar-refractivity contribution >= 4 is 17.6 Å². The van der Waals surface area contributed by atoms with E-state index in [0.29, 0.717) is 17.5 Å². The third-order valence-corrected chi connectivity index (χ3v) is 2.26. The van der Waals surface area contributed by atoms with Crippen LogP contribution < -0.4 is 5.32 Å². The van der Waals surface area contributed by atoms with Crippen LogP contribution in [0.1, 0.15) is 19.6 Å². The quantitative estimate of drug-likeness (QED) is 0.815. The molecule has 1 atom stereocenters. The summed E-state index contributed by atoms with van der Waals surface area (Å²) in [5.74, 6) is -0.206. The van der Waals surface area contributed by atoms with E-state index in [1.54, 1.807) is 12.1 Å². The van der Waals surface area contributed by atoms with Gasteiger partial charge in [0, 0.05) is 0 Å². The maximum absolute atomic E-state index is 10.8. The largest absolute Gasteiger partial charge is 0.480 e. The molecule has 0 spiro atoms. The Hall–Kier alpha value is -1.00. The van der Waals surface area contributed by atoms with Gasteiger partial charge in [0.2, 0.25) is 0 Å². The highest BCUT2D eigenvalue weighted by molar-refractivity contribution is 6.28. The van der Waals surface area contributed by atoms with Gasteiger partial charge in [-0.25, -0.2) is 0 Å². The highest BCUT2D eigenvalue weighted by Gasteiger charge is 2.20. The topological polar surface area (TPSA) is 62.5 Å². The van der Waals surface area contributed by atoms with Crippen LogP contribution in [0.25, 0.3) is 0 Å². The Kier molecular flexibility index (Phi) is 4.17. The molecule has 0 aromatic carbocycles. The van der Waals surface area contributed by atoms with Gasteiger partial charge in [-0.1, -0.05) is 13.8 Å². The standard InChI is InChI=1S/C10H14ClNO3/c1-6(2)9(10(13)14)12-5-7-3-4-8(11)15-7/h3-4,6,9,12H,5H2,1-2H3,(H,13,14). The van der Waals surface area contributed by atoms with Crippen molar-refractivity contribution in [1.29, 1.82) is 0 Å². The van der Waals surface area contributed by atoms with E-state index in [1.165, 1.54) is 0 Å². The zero-order chi connectivity index (χ0) is 11.4. The van der Waals surface area contributed by atoms with Gasteiger partial charge in [0.1, 0.15) is 11.8 Å². The Morgan fingerprint density at radius 2 is 2.27 bits per heavy atom. The van der Waals surface area contributed by atoms with Crippen molar-refractivity contribution < 1.29 is 14.3 Å². The van der Waals surface area contributed by atoms with Gasteiger partial charge in [-0.2, -0.15) is 0 Å². The van der Waals surface area contributed by atoms with Gasteiger partial charge in [0.05, 0.1) is 6.54 Å². The Morgan fingerprint density at radius 3 is 2.67 bits per heavy atom. The van der Waals surface area contributed by atoms with Crippen molar-refractivity contribution in [2.45, 2.75) is 26.4 Å². The predicted molar refractivity (Wildman–Crippen MR) is 56.8 cm³/mol. The first-order valence-corrected chi connectivity index (χ1v) is 5.09. The molecule has 2 N–H and O–H groups in total. The molecular formula is C10H14ClNO3. The van der Waals surface area contributed by atoms with Gasteiger partial charge < -0.3 is 9.52 Å². The van der Waals surface area contributed by atoms with Crippen molar-refractivity contribution in [2.75, 3.05) is 0 Å². The third kappa shape index (κ3) is 3.57. The number of carboxylic acid groups (broad SMARTS) is 1. The van der Waals surface area contributed by atoms with Crippen LogP contribution in [-0.2, 0) is 11.3 Å². The fourth-order valence-electron chi connectivity index (χ4n) is 1.27. The van der Waals surface area contributed by atoms with Gasteiger partial charge in [0.15, 0.2) is 5.22 Å². The molecule has 0 amide bonds. The van der Waals surface area contributed by atoms with E-state index in [4.69, 9.17) is 21.1 Å². The molecule has 0 aliphatic carbocycles. The molecule has 84 valence electrons. The van der Waals surface area contributed by atoms with Gasteiger partial charge in [-0.3, -0.25) is 10.1 Å². The molecule has 1 aromatic heterocycles. The predicted octanol–water partition coefficient (Wildman–Crippen LogP) is 2.13. The van der Waals surface area contributed by atoms with Crippen LogP contribution in [0, 0.1) is 5.92 Å². The van der Waals surface area contributed by atoms with E-state index < -0.39 is 12.0 Å². The lowest BCUT2D eigenvalue weighted by Crippen LogP contribution is -2.40. The van der Waals surface area contributed by atoms with Gasteiger partial charge in [0.25, 0.3) is 0 Å². The number of halogens is 1. The number of rotatable bonds is 5. The van der Waals surface area contributed by atoms with Crippen LogP contribution in [0.15, 0.2) is 16.5 Å². The fraction of sp³-hybridized carbons (Fsp3) is 0.500. The highest BCUT2D eigenvalue weighted by Crippen LogP contribution is 2.13. The second-order valence-electron chi connectivity index (χ2n) is 3.65. The first-order chi connectivity index (χ1) is 7.00. The average Bonchev–Trinajstić information content (AvgIpc) is 2.50. The van der Waals surface area contributed by atoms with Crippen LogP contribution in [-0.4, -0.2) is 17.1 Å². The van der Waals surface area contributed by atoms with Crippen molar-refractivity contribution in [3.8, 4) is 0 Å². The van der Waals surface area contributed by atoms with Gasteiger partial charge >= 0.3 is 5.97 Å². The zero-order valence-corrected chi connectivity index (χ0v) is 9.41. The molecule has 0 fully saturated rings. The van der Waals surface area contributed by atoms with E-state index in [2.05, 4.69) is 5.32 Å². The summed E-state index contributed by atoms with van der Waals surface area (Å²) in [4.78, 5) is 10.8. The van der Waals surface area contributed by atoms with E-state index in [1.807, 2.05) is 13.8 Å². The van der Waals surface area contributed by atoms with E-state index >= 15 is 0 Å². The molecule has 0 aliphatic rings. The zero-order valence-electron chi connectivity index (χ0n) is 8.66. The minimum absolute atomic E-state index is 0.0212. The summed E-state index contributed by atoms with van der Waals surface area (Å²) in [6, 6.07) is 2.77. The molecule has 0 bridgehead atoms. The SMILES string of the molecule is CC(C)C(NCc1ccc(Cl)o1)C(=O)O. The maximum Gasteiger partial charge on any atom is 0.320 e. The lowest BCUT2D eigenvalue weighted by Gasteiger charge is -2.16. The summed E-state index contributed by atoms with van der Waals surface area (Å²) >= 11 is 5.59. The molecule has 0 radical (unpaired) electrons. The summed E-state index contributed by atoms with van der Waals surface area (Å²) in [5.41, 5.74) is 0. The summed E-state index contributed by atoms with van der Waals surface area (Å²) in [6.45, 7) is 4.06. The second-order valence-corrected chi connectivity index (χ2v) is 4.02. The van der Waals surface area contributed by atoms with E-state index in [-0.39, 0.29) is 5.92 Å². The number of aliphatic carboxylic acids is 1. The van der Waals surface area contributed by atoms with Crippen LogP contribution in [0.5, 0.6) is 0 Å². The fourth-order valence-corrected chi connectivity index (χ4v) is 1.43. The van der Waals surface area contributed by atoms with E-state index in [0.717, 1.165) is 0 Å². The Balaban J connectivity index is 2.50. The van der Waals surface area contributed by atoms with Crippen LogP contribution in [0.2, 0.25) is 5.22 Å². The Bertz CT molecular complexity index is 335. The normalized spacial score (nSPS) is 13.1. The molecule has 4 nitrogen and oxygen atoms in total. The number of carboxylic acids is 1. The smallest absolute Gasteiger partial charge is 0.320 e. The summed E-state index contributed by atoms with van der Waals surface area (Å²) in [6.07, 6.45) is 0. The number of carbonyl (C=O) groups is 1. The number of hydrogen-bond acceptors (Lipinski definition) is 3. The minimum Gasteiger partial charge on any atom is -0.480 e. The third-order valence-electron chi connectivity index (χ3n) is 2.06. The number of hydrogen-bond donors (Lipinski definition) is 2. The van der Waals surface area contributed by atoms with Gasteiger partial charge in [-0.05, 0) is 29.7 Å². The van der Waals surface area contributed by atoms with Crippen molar-refractivity contribution in [2.24, 2.45) is 5.92 Å². The Labute approximate surface area is 93.2 Å². The van der Waals surface area contributed by atoms with Crippen molar-refractivity contribution in [3.63, 3.8) is 0 Å². The summed E-state index contributed by atoms with van der Waals surface area (Å²) < 4.78 is 5.10. The maximum atomic E-state index is 10.8. The number of furan rings is 1. The molecule has 1 aromatic rings. The van der Waals surface area contributed by atoms with E-state index in [9.17, 15) is 4.79 Å². The average molecular weight is 232 g/mol. The van der Waals surface area contributed by atoms with Gasteiger partial charge in [-0.15, -0.1) is 0 Å². The summed E-state index contributed by atoms with van der Waals surface area (Å²) in [7, 11) is 0. The van der Waals surface area contributed by atoms with Crippen LogP contribution in [0.3, 0.4) is 0 Å². The first-order valence-electron chi connectivity index (χ1n) is 4.71. The highest BCUT2D eigenvalue weighted by atomic mass is 35.5. The monoisotopic (exact) mass is 231 g/mol. The summed E-state index contributed by atoms with van der Waals surface area (Å²) in [5, 5.41) is 12.1. The molecule has 1 heterocycles. The lowest BCUT2D eigenvalue weighted by atomic mass is 10.1. The molecule has 0 saturated heterocycles. The molecule has 0 aliphatic heterocycles. The molecule has 0 saturated carbocycles. The molecular weight excluding hydrogens is 218 g/mol. The molecule has 5 heteroatoms. The molecule has 1 unspecified atom stereocenters. The molecule has 15 heavy (non-hydrogen) atoms. The van der Waals surface area contributed by atoms with Crippen LogP contribution >= 0.6 is 11.6 Å². The van der Waals surface area contributed by atoms with Crippen LogP contribution in [0.4, 0.5) is 0 Å². The first kappa shape index (κ1) is 12.1. The van der Waals surface area contributed by atoms with Crippen molar-refractivity contribution in [1.82, 2.24) is 5.32 Å². The Morgan fingerprint density at radius 1 is 1.60 bits per heavy atom. The lowest BCUT2D eigenvalue weighted by molar-refractivity contribution is -0.140. The number of nitrogens with one attached hydrogen (secondary N) is 1. The minimum atomic E-state index is -0.859. The van der Waals surface area contributed by atoms with Crippen molar-refractivity contribution in [3.05, 3.63) is 23.1 Å².